The molecular weight excluding hydrogens is 380 g/mol. The molecule has 1 fully saturated rings. The van der Waals surface area contributed by atoms with E-state index in [1.807, 2.05) is 12.1 Å². The van der Waals surface area contributed by atoms with Crippen molar-refractivity contribution < 1.29 is 4.79 Å². The molecule has 2 aromatic heterocycles. The molecule has 1 aromatic carbocycles. The van der Waals surface area contributed by atoms with Crippen LogP contribution in [0.1, 0.15) is 49.7 Å². The monoisotopic (exact) mass is 408 g/mol. The molecule has 4 rings (SSSR count). The highest BCUT2D eigenvalue weighted by Crippen LogP contribution is 2.35. The number of aromatic nitrogens is 2. The first kappa shape index (κ1) is 19.9. The van der Waals surface area contributed by atoms with E-state index in [1.54, 1.807) is 11.8 Å². The van der Waals surface area contributed by atoms with Gasteiger partial charge in [-0.2, -0.15) is 0 Å². The number of aryl methyl sites for hydroxylation is 2. The third kappa shape index (κ3) is 4.14. The molecule has 29 heavy (non-hydrogen) atoms. The van der Waals surface area contributed by atoms with E-state index >= 15 is 0 Å². The average Bonchev–Trinajstić information content (AvgIpc) is 3.44. The van der Waals surface area contributed by atoms with Gasteiger partial charge in [-0.1, -0.05) is 19.1 Å². The van der Waals surface area contributed by atoms with Crippen molar-refractivity contribution in [2.45, 2.75) is 45.7 Å². The standard InChI is InChI=1S/C23H28N4OS/c1-4-18-9-11-20(12-10-18)27(17(2)28)23-24-19(16-29-23)15-26-14-6-8-22(26)21-7-5-13-25(21)3/h5,7,9-13,16,22H,4,6,8,14-15H2,1-3H3/t22-/m1/s1. The molecule has 3 aromatic rings. The highest BCUT2D eigenvalue weighted by Gasteiger charge is 2.28. The van der Waals surface area contributed by atoms with Gasteiger partial charge in [0.15, 0.2) is 5.13 Å². The fourth-order valence-electron chi connectivity index (χ4n) is 4.16. The summed E-state index contributed by atoms with van der Waals surface area (Å²) in [6, 6.07) is 12.9. The van der Waals surface area contributed by atoms with Crippen molar-refractivity contribution >= 4 is 28.1 Å². The van der Waals surface area contributed by atoms with Crippen LogP contribution in [0.2, 0.25) is 0 Å². The van der Waals surface area contributed by atoms with E-state index in [0.717, 1.165) is 36.0 Å². The lowest BCUT2D eigenvalue weighted by Crippen LogP contribution is -2.25. The third-order valence-electron chi connectivity index (χ3n) is 5.70. The van der Waals surface area contributed by atoms with E-state index in [1.165, 1.54) is 35.4 Å². The predicted molar refractivity (Wildman–Crippen MR) is 119 cm³/mol. The lowest BCUT2D eigenvalue weighted by molar-refractivity contribution is -0.115. The Bertz CT molecular complexity index is 975. The van der Waals surface area contributed by atoms with Gasteiger partial charge < -0.3 is 4.57 Å². The van der Waals surface area contributed by atoms with Crippen LogP contribution in [0.5, 0.6) is 0 Å². The number of hydrogen-bond donors (Lipinski definition) is 0. The van der Waals surface area contributed by atoms with Gasteiger partial charge in [-0.25, -0.2) is 4.98 Å². The van der Waals surface area contributed by atoms with Crippen molar-refractivity contribution in [2.75, 3.05) is 11.4 Å². The molecular formula is C23H28N4OS. The van der Waals surface area contributed by atoms with E-state index in [0.29, 0.717) is 6.04 Å². The first-order valence-electron chi connectivity index (χ1n) is 10.3. The molecule has 0 radical (unpaired) electrons. The van der Waals surface area contributed by atoms with Gasteiger partial charge in [0.25, 0.3) is 0 Å². The van der Waals surface area contributed by atoms with E-state index in [2.05, 4.69) is 59.3 Å². The number of likely N-dealkylation sites (tertiary alicyclic amines) is 1. The molecule has 0 N–H and O–H groups in total. The maximum Gasteiger partial charge on any atom is 0.230 e. The highest BCUT2D eigenvalue weighted by molar-refractivity contribution is 7.14. The maximum absolute atomic E-state index is 12.4. The molecule has 0 saturated carbocycles. The topological polar surface area (TPSA) is 41.4 Å². The molecule has 0 aliphatic carbocycles. The summed E-state index contributed by atoms with van der Waals surface area (Å²) in [5, 5.41) is 2.83. The van der Waals surface area contributed by atoms with Crippen molar-refractivity contribution in [1.29, 1.82) is 0 Å². The second-order valence-electron chi connectivity index (χ2n) is 7.67. The summed E-state index contributed by atoms with van der Waals surface area (Å²) in [5.41, 5.74) is 4.53. The van der Waals surface area contributed by atoms with E-state index in [9.17, 15) is 4.79 Å². The van der Waals surface area contributed by atoms with E-state index in [4.69, 9.17) is 4.98 Å². The van der Waals surface area contributed by atoms with Gasteiger partial charge in [0, 0.05) is 37.8 Å². The SMILES string of the molecule is CCc1ccc(N(C(C)=O)c2nc(CN3CCC[C@@H]3c3cccn3C)cs2)cc1. The van der Waals surface area contributed by atoms with Gasteiger partial charge in [0.1, 0.15) is 0 Å². The second-order valence-corrected chi connectivity index (χ2v) is 8.50. The number of carbonyl (C=O) groups excluding carboxylic acids is 1. The molecule has 0 spiro atoms. The van der Waals surface area contributed by atoms with Gasteiger partial charge in [0.05, 0.1) is 17.4 Å². The number of hydrogen-bond acceptors (Lipinski definition) is 4. The quantitative estimate of drug-likeness (QED) is 0.572. The van der Waals surface area contributed by atoms with Gasteiger partial charge in [-0.15, -0.1) is 11.3 Å². The molecule has 1 aliphatic rings. The van der Waals surface area contributed by atoms with Crippen molar-refractivity contribution in [2.24, 2.45) is 7.05 Å². The van der Waals surface area contributed by atoms with Gasteiger partial charge in [-0.05, 0) is 55.6 Å². The number of benzene rings is 1. The van der Waals surface area contributed by atoms with Crippen molar-refractivity contribution in [3.8, 4) is 0 Å². The van der Waals surface area contributed by atoms with Crippen LogP contribution >= 0.6 is 11.3 Å². The molecule has 5 nitrogen and oxygen atoms in total. The molecule has 3 heterocycles. The Labute approximate surface area is 176 Å². The molecule has 1 aliphatic heterocycles. The third-order valence-corrected chi connectivity index (χ3v) is 6.58. The Balaban J connectivity index is 1.53. The Hall–Kier alpha value is -2.44. The zero-order valence-corrected chi connectivity index (χ0v) is 18.2. The number of anilines is 2. The summed E-state index contributed by atoms with van der Waals surface area (Å²) in [4.78, 5) is 21.4. The van der Waals surface area contributed by atoms with Crippen LogP contribution in [0.3, 0.4) is 0 Å². The summed E-state index contributed by atoms with van der Waals surface area (Å²) in [7, 11) is 2.11. The van der Waals surface area contributed by atoms with Crippen LogP contribution in [0.15, 0.2) is 48.0 Å². The molecule has 1 atom stereocenters. The fraction of sp³-hybridized carbons (Fsp3) is 0.391. The minimum atomic E-state index is -0.0157. The first-order chi connectivity index (χ1) is 14.1. The first-order valence-corrected chi connectivity index (χ1v) is 11.1. The van der Waals surface area contributed by atoms with Crippen LogP contribution < -0.4 is 4.90 Å². The lowest BCUT2D eigenvalue weighted by Gasteiger charge is -2.24. The smallest absolute Gasteiger partial charge is 0.230 e. The zero-order chi connectivity index (χ0) is 20.4. The van der Waals surface area contributed by atoms with E-state index < -0.39 is 0 Å². The minimum Gasteiger partial charge on any atom is -0.353 e. The molecule has 1 saturated heterocycles. The molecule has 1 amide bonds. The van der Waals surface area contributed by atoms with Crippen LogP contribution in [-0.4, -0.2) is 26.9 Å². The van der Waals surface area contributed by atoms with Crippen LogP contribution in [0, 0.1) is 0 Å². The normalized spacial score (nSPS) is 17.0. The average molecular weight is 409 g/mol. The van der Waals surface area contributed by atoms with Gasteiger partial charge >= 0.3 is 0 Å². The van der Waals surface area contributed by atoms with Gasteiger partial charge in [-0.3, -0.25) is 14.6 Å². The number of thiazole rings is 1. The summed E-state index contributed by atoms with van der Waals surface area (Å²) < 4.78 is 2.22. The van der Waals surface area contributed by atoms with Crippen LogP contribution in [-0.2, 0) is 24.8 Å². The minimum absolute atomic E-state index is 0.0157. The zero-order valence-electron chi connectivity index (χ0n) is 17.3. The number of carbonyl (C=O) groups is 1. The molecule has 0 bridgehead atoms. The van der Waals surface area contributed by atoms with Crippen LogP contribution in [0.25, 0.3) is 0 Å². The Morgan fingerprint density at radius 1 is 1.28 bits per heavy atom. The Morgan fingerprint density at radius 3 is 2.72 bits per heavy atom. The molecule has 152 valence electrons. The summed E-state index contributed by atoms with van der Waals surface area (Å²) in [6.45, 7) is 5.62. The predicted octanol–water partition coefficient (Wildman–Crippen LogP) is 5.07. The van der Waals surface area contributed by atoms with Crippen molar-refractivity contribution in [1.82, 2.24) is 14.5 Å². The molecule has 0 unspecified atom stereocenters. The van der Waals surface area contributed by atoms with Gasteiger partial charge in [0.2, 0.25) is 5.91 Å². The van der Waals surface area contributed by atoms with E-state index in [-0.39, 0.29) is 5.91 Å². The fourth-order valence-corrected chi connectivity index (χ4v) is 5.04. The number of amides is 1. The van der Waals surface area contributed by atoms with Crippen LogP contribution in [0.4, 0.5) is 10.8 Å². The molecule has 6 heteroatoms. The second kappa shape index (κ2) is 8.51. The lowest BCUT2D eigenvalue weighted by atomic mass is 10.1. The maximum atomic E-state index is 12.4. The Morgan fingerprint density at radius 2 is 2.07 bits per heavy atom. The Kier molecular flexibility index (Phi) is 5.83. The summed E-state index contributed by atoms with van der Waals surface area (Å²) in [5.74, 6) is -0.0157. The largest absolute Gasteiger partial charge is 0.353 e. The van der Waals surface area contributed by atoms with Crippen molar-refractivity contribution in [3.05, 3.63) is 64.9 Å². The highest BCUT2D eigenvalue weighted by atomic mass is 32.1. The van der Waals surface area contributed by atoms with Crippen molar-refractivity contribution in [3.63, 3.8) is 0 Å². The summed E-state index contributed by atoms with van der Waals surface area (Å²) >= 11 is 1.54. The summed E-state index contributed by atoms with van der Waals surface area (Å²) in [6.07, 6.45) is 5.48. The number of rotatable bonds is 6. The number of nitrogens with zero attached hydrogens (tertiary/aromatic N) is 4.